The number of rotatable bonds is 7. The van der Waals surface area contributed by atoms with Gasteiger partial charge in [0.25, 0.3) is 5.91 Å². The van der Waals surface area contributed by atoms with Crippen LogP contribution < -0.4 is 14.8 Å². The fraction of sp³-hybridized carbons (Fsp3) is 0.263. The number of nitrogens with one attached hydrogen (secondary N) is 1. The molecule has 1 N–H and O–H groups in total. The summed E-state index contributed by atoms with van der Waals surface area (Å²) in [6, 6.07) is 10.6. The normalized spacial score (nSPS) is 11.1. The van der Waals surface area contributed by atoms with Gasteiger partial charge < -0.3 is 19.2 Å². The zero-order chi connectivity index (χ0) is 18.2. The van der Waals surface area contributed by atoms with Gasteiger partial charge in [0.05, 0.1) is 26.0 Å². The molecule has 0 fully saturated rings. The van der Waals surface area contributed by atoms with E-state index < -0.39 is 5.91 Å². The third-order valence-corrected chi connectivity index (χ3v) is 3.23. The molecular weight excluding hydrogens is 320 g/mol. The van der Waals surface area contributed by atoms with Gasteiger partial charge in [-0.3, -0.25) is 4.79 Å². The summed E-state index contributed by atoms with van der Waals surface area (Å²) in [6.07, 6.45) is 3.03. The first-order valence-electron chi connectivity index (χ1n) is 7.80. The van der Waals surface area contributed by atoms with Crippen LogP contribution in [0.1, 0.15) is 25.2 Å². The summed E-state index contributed by atoms with van der Waals surface area (Å²) in [5.41, 5.74) is 0.656. The Morgan fingerprint density at radius 3 is 2.76 bits per heavy atom. The summed E-state index contributed by atoms with van der Waals surface area (Å²) in [4.78, 5) is 12.1. The molecule has 2 rings (SSSR count). The van der Waals surface area contributed by atoms with Crippen LogP contribution in [0.4, 0.5) is 0 Å². The molecule has 130 valence electrons. The van der Waals surface area contributed by atoms with Crippen molar-refractivity contribution in [2.45, 2.75) is 26.5 Å². The van der Waals surface area contributed by atoms with Gasteiger partial charge in [0.15, 0.2) is 11.5 Å². The Kier molecular flexibility index (Phi) is 6.24. The third-order valence-electron chi connectivity index (χ3n) is 3.23. The van der Waals surface area contributed by atoms with Crippen molar-refractivity contribution in [3.63, 3.8) is 0 Å². The maximum atomic E-state index is 12.1. The van der Waals surface area contributed by atoms with Gasteiger partial charge in [-0.15, -0.1) is 0 Å². The molecule has 2 aromatic rings. The minimum absolute atomic E-state index is 0.00821. The largest absolute Gasteiger partial charge is 0.493 e. The molecule has 0 aliphatic rings. The van der Waals surface area contributed by atoms with Gasteiger partial charge in [0.1, 0.15) is 17.4 Å². The summed E-state index contributed by atoms with van der Waals surface area (Å²) < 4.78 is 16.1. The molecule has 1 amide bonds. The first-order chi connectivity index (χ1) is 12.0. The number of nitrogens with zero attached hydrogens (tertiary/aromatic N) is 1. The van der Waals surface area contributed by atoms with Gasteiger partial charge in [-0.2, -0.15) is 5.26 Å². The van der Waals surface area contributed by atoms with E-state index in [2.05, 4.69) is 5.32 Å². The highest BCUT2D eigenvalue weighted by atomic mass is 16.5. The number of benzene rings is 1. The van der Waals surface area contributed by atoms with Crippen LogP contribution in [0.2, 0.25) is 0 Å². The SMILES string of the molecule is COc1cc(/C=C(/C#N)C(=O)NCc2ccco2)ccc1OC(C)C. The Morgan fingerprint density at radius 2 is 2.16 bits per heavy atom. The molecule has 0 aliphatic carbocycles. The first-order valence-corrected chi connectivity index (χ1v) is 7.80. The van der Waals surface area contributed by atoms with E-state index in [1.807, 2.05) is 19.9 Å². The lowest BCUT2D eigenvalue weighted by atomic mass is 10.1. The summed E-state index contributed by atoms with van der Waals surface area (Å²) >= 11 is 0. The minimum atomic E-state index is -0.472. The van der Waals surface area contributed by atoms with Crippen LogP contribution in [0.3, 0.4) is 0 Å². The molecule has 6 heteroatoms. The van der Waals surface area contributed by atoms with E-state index in [-0.39, 0.29) is 18.2 Å². The van der Waals surface area contributed by atoms with Crippen LogP contribution >= 0.6 is 0 Å². The summed E-state index contributed by atoms with van der Waals surface area (Å²) in [7, 11) is 1.54. The lowest BCUT2D eigenvalue weighted by Gasteiger charge is -2.13. The van der Waals surface area contributed by atoms with Crippen molar-refractivity contribution in [3.05, 3.63) is 53.5 Å². The van der Waals surface area contributed by atoms with Crippen LogP contribution in [-0.2, 0) is 11.3 Å². The van der Waals surface area contributed by atoms with Crippen molar-refractivity contribution in [2.75, 3.05) is 7.11 Å². The monoisotopic (exact) mass is 340 g/mol. The highest BCUT2D eigenvalue weighted by Crippen LogP contribution is 2.29. The maximum absolute atomic E-state index is 12.1. The number of hydrogen-bond acceptors (Lipinski definition) is 5. The molecule has 0 spiro atoms. The van der Waals surface area contributed by atoms with Crippen molar-refractivity contribution in [1.29, 1.82) is 5.26 Å². The fourth-order valence-electron chi connectivity index (χ4n) is 2.12. The molecule has 0 atom stereocenters. The quantitative estimate of drug-likeness (QED) is 0.617. The molecule has 0 aliphatic heterocycles. The number of ether oxygens (including phenoxy) is 2. The van der Waals surface area contributed by atoms with Crippen LogP contribution in [0.25, 0.3) is 6.08 Å². The lowest BCUT2D eigenvalue weighted by Crippen LogP contribution is -2.23. The number of hydrogen-bond donors (Lipinski definition) is 1. The van der Waals surface area contributed by atoms with Gasteiger partial charge in [-0.25, -0.2) is 0 Å². The van der Waals surface area contributed by atoms with E-state index in [1.165, 1.54) is 19.4 Å². The molecule has 0 bridgehead atoms. The third kappa shape index (κ3) is 5.15. The average molecular weight is 340 g/mol. The molecule has 25 heavy (non-hydrogen) atoms. The number of carbonyl (C=O) groups is 1. The second kappa shape index (κ2) is 8.60. The van der Waals surface area contributed by atoms with E-state index in [1.54, 1.807) is 30.3 Å². The molecule has 1 aromatic carbocycles. The van der Waals surface area contributed by atoms with Crippen molar-refractivity contribution in [2.24, 2.45) is 0 Å². The van der Waals surface area contributed by atoms with E-state index >= 15 is 0 Å². The Hall–Kier alpha value is -3.20. The molecular formula is C19H20N2O4. The molecule has 0 unspecified atom stereocenters. The van der Waals surface area contributed by atoms with Gasteiger partial charge >= 0.3 is 0 Å². The van der Waals surface area contributed by atoms with Crippen LogP contribution in [0.5, 0.6) is 11.5 Å². The van der Waals surface area contributed by atoms with Crippen molar-refractivity contribution < 1.29 is 18.7 Å². The van der Waals surface area contributed by atoms with Gasteiger partial charge in [-0.1, -0.05) is 6.07 Å². The maximum Gasteiger partial charge on any atom is 0.262 e. The van der Waals surface area contributed by atoms with E-state index in [9.17, 15) is 10.1 Å². The van der Waals surface area contributed by atoms with Crippen LogP contribution in [0, 0.1) is 11.3 Å². The molecule has 6 nitrogen and oxygen atoms in total. The zero-order valence-corrected chi connectivity index (χ0v) is 14.4. The zero-order valence-electron chi connectivity index (χ0n) is 14.4. The second-order valence-corrected chi connectivity index (χ2v) is 5.51. The van der Waals surface area contributed by atoms with Crippen LogP contribution in [0.15, 0.2) is 46.6 Å². The molecule has 0 saturated carbocycles. The van der Waals surface area contributed by atoms with E-state index in [0.717, 1.165) is 0 Å². The Balaban J connectivity index is 2.15. The van der Waals surface area contributed by atoms with Crippen molar-refractivity contribution in [1.82, 2.24) is 5.32 Å². The van der Waals surface area contributed by atoms with E-state index in [0.29, 0.717) is 22.8 Å². The van der Waals surface area contributed by atoms with Crippen molar-refractivity contribution >= 4 is 12.0 Å². The van der Waals surface area contributed by atoms with Gasteiger partial charge in [-0.05, 0) is 49.8 Å². The Bertz CT molecular complexity index is 786. The number of nitriles is 1. The Labute approximate surface area is 146 Å². The highest BCUT2D eigenvalue weighted by Gasteiger charge is 2.11. The van der Waals surface area contributed by atoms with Crippen molar-refractivity contribution in [3.8, 4) is 17.6 Å². The summed E-state index contributed by atoms with van der Waals surface area (Å²) in [5.74, 6) is 1.29. The number of methoxy groups -OCH3 is 1. The van der Waals surface area contributed by atoms with E-state index in [4.69, 9.17) is 13.9 Å². The summed E-state index contributed by atoms with van der Waals surface area (Å²) in [6.45, 7) is 4.06. The molecule has 1 heterocycles. The molecule has 0 saturated heterocycles. The predicted octanol–water partition coefficient (Wildman–Crippen LogP) is 3.30. The number of carbonyl (C=O) groups excluding carboxylic acids is 1. The Morgan fingerprint density at radius 1 is 1.36 bits per heavy atom. The molecule has 1 aromatic heterocycles. The average Bonchev–Trinajstić information content (AvgIpc) is 3.11. The standard InChI is InChI=1S/C19H20N2O4/c1-13(2)25-17-7-6-14(10-18(17)23-3)9-15(11-20)19(22)21-12-16-5-4-8-24-16/h4-10,13H,12H2,1-3H3,(H,21,22)/b15-9-. The smallest absolute Gasteiger partial charge is 0.262 e. The molecule has 0 radical (unpaired) electrons. The number of furan rings is 1. The summed E-state index contributed by atoms with van der Waals surface area (Å²) in [5, 5.41) is 11.9. The minimum Gasteiger partial charge on any atom is -0.493 e. The topological polar surface area (TPSA) is 84.5 Å². The number of amides is 1. The first kappa shape index (κ1) is 18.1. The predicted molar refractivity (Wildman–Crippen MR) is 92.9 cm³/mol. The van der Waals surface area contributed by atoms with Gasteiger partial charge in [0, 0.05) is 0 Å². The highest BCUT2D eigenvalue weighted by molar-refractivity contribution is 6.01. The lowest BCUT2D eigenvalue weighted by molar-refractivity contribution is -0.117. The second-order valence-electron chi connectivity index (χ2n) is 5.51. The van der Waals surface area contributed by atoms with Gasteiger partial charge in [0.2, 0.25) is 0 Å². The fourth-order valence-corrected chi connectivity index (χ4v) is 2.12. The van der Waals surface area contributed by atoms with Crippen LogP contribution in [-0.4, -0.2) is 19.1 Å².